The Bertz CT molecular complexity index is 538. The fraction of sp³-hybridized carbons (Fsp3) is 0.231. The van der Waals surface area contributed by atoms with Gasteiger partial charge in [-0.3, -0.25) is 0 Å². The first-order valence-corrected chi connectivity index (χ1v) is 5.28. The van der Waals surface area contributed by atoms with Gasteiger partial charge < -0.3 is 9.83 Å². The fourth-order valence-corrected chi connectivity index (χ4v) is 1.50. The smallest absolute Gasteiger partial charge is 0.228 e. The van der Waals surface area contributed by atoms with Crippen LogP contribution in [0.2, 0.25) is 0 Å². The molecule has 0 radical (unpaired) electrons. The van der Waals surface area contributed by atoms with Gasteiger partial charge in [-0.1, -0.05) is 32.0 Å². The average Bonchev–Trinajstić information content (AvgIpc) is 2.63. The van der Waals surface area contributed by atoms with Crippen LogP contribution in [0.15, 0.2) is 33.7 Å². The number of para-hydroxylation sites is 1. The Labute approximate surface area is 94.3 Å². The number of rotatable bonds is 3. The molecule has 0 atom stereocenters. The van der Waals surface area contributed by atoms with Crippen molar-refractivity contribution in [3.63, 3.8) is 0 Å². The number of aliphatic imine (C=N–C) groups is 1. The number of furan rings is 1. The highest BCUT2D eigenvalue weighted by Crippen LogP contribution is 2.30. The largest absolute Gasteiger partial charge is 0.438 e. The Hall–Kier alpha value is -1.90. The molecule has 16 heavy (non-hydrogen) atoms. The van der Waals surface area contributed by atoms with Crippen molar-refractivity contribution in [3.8, 4) is 0 Å². The summed E-state index contributed by atoms with van der Waals surface area (Å²) in [5.41, 5.74) is 1.52. The van der Waals surface area contributed by atoms with Crippen molar-refractivity contribution in [3.05, 3.63) is 29.8 Å². The first-order chi connectivity index (χ1) is 7.72. The Kier molecular flexibility index (Phi) is 2.86. The Balaban J connectivity index is 2.56. The maximum Gasteiger partial charge on any atom is 0.228 e. The predicted octanol–water partition coefficient (Wildman–Crippen LogP) is 3.79. The van der Waals surface area contributed by atoms with E-state index < -0.39 is 0 Å². The van der Waals surface area contributed by atoms with Crippen LogP contribution in [-0.4, -0.2) is 12.4 Å². The van der Waals surface area contributed by atoms with E-state index in [0.717, 1.165) is 16.5 Å². The molecule has 0 unspecified atom stereocenters. The summed E-state index contributed by atoms with van der Waals surface area (Å²) in [5.74, 6) is 0.886. The number of hydrogen-bond acceptors (Lipinski definition) is 3. The molecule has 1 aromatic heterocycles. The van der Waals surface area contributed by atoms with E-state index in [1.165, 1.54) is 6.21 Å². The monoisotopic (exact) mass is 214 g/mol. The quantitative estimate of drug-likeness (QED) is 0.776. The van der Waals surface area contributed by atoms with Crippen molar-refractivity contribution in [2.24, 2.45) is 10.9 Å². The van der Waals surface area contributed by atoms with Crippen LogP contribution in [0.4, 0.5) is 5.88 Å². The minimum atomic E-state index is 0.367. The summed E-state index contributed by atoms with van der Waals surface area (Å²) in [4.78, 5) is 4.27. The highest BCUT2D eigenvalue weighted by atomic mass is 16.3. The van der Waals surface area contributed by atoms with E-state index in [4.69, 9.17) is 9.83 Å². The lowest BCUT2D eigenvalue weighted by Crippen LogP contribution is -1.86. The first-order valence-electron chi connectivity index (χ1n) is 5.28. The average molecular weight is 214 g/mol. The molecular weight excluding hydrogens is 200 g/mol. The van der Waals surface area contributed by atoms with E-state index >= 15 is 0 Å². The molecule has 0 spiro atoms. The number of benzene rings is 1. The van der Waals surface area contributed by atoms with Gasteiger partial charge in [0.15, 0.2) is 0 Å². The molecular formula is C13H14N2O. The number of nitrogens with one attached hydrogen (secondary N) is 1. The second-order valence-corrected chi connectivity index (χ2v) is 3.98. The fourth-order valence-electron chi connectivity index (χ4n) is 1.50. The van der Waals surface area contributed by atoms with Crippen LogP contribution in [0.3, 0.4) is 0 Å². The molecule has 0 saturated heterocycles. The molecule has 3 nitrogen and oxygen atoms in total. The van der Waals surface area contributed by atoms with Crippen LogP contribution in [0, 0.1) is 11.3 Å². The summed E-state index contributed by atoms with van der Waals surface area (Å²) in [7, 11) is 0. The van der Waals surface area contributed by atoms with Gasteiger partial charge in [-0.05, 0) is 12.0 Å². The van der Waals surface area contributed by atoms with Crippen LogP contribution < -0.4 is 0 Å². The lowest BCUT2D eigenvalue weighted by molar-refractivity contribution is 0.625. The van der Waals surface area contributed by atoms with E-state index in [-0.39, 0.29) is 0 Å². The third kappa shape index (κ3) is 1.89. The molecule has 0 bridgehead atoms. The Morgan fingerprint density at radius 1 is 1.31 bits per heavy atom. The molecule has 0 aliphatic carbocycles. The number of nitrogens with zero attached hydrogens (tertiary/aromatic N) is 1. The highest BCUT2D eigenvalue weighted by Gasteiger charge is 2.10. The summed E-state index contributed by atoms with van der Waals surface area (Å²) in [6.07, 6.45) is 3.11. The van der Waals surface area contributed by atoms with E-state index in [2.05, 4.69) is 18.8 Å². The zero-order valence-electron chi connectivity index (χ0n) is 9.40. The molecule has 0 fully saturated rings. The van der Waals surface area contributed by atoms with Gasteiger partial charge in [0.2, 0.25) is 5.88 Å². The molecule has 1 heterocycles. The molecule has 2 aromatic rings. The van der Waals surface area contributed by atoms with E-state index in [0.29, 0.717) is 11.8 Å². The van der Waals surface area contributed by atoms with Crippen molar-refractivity contribution in [2.45, 2.75) is 13.8 Å². The first kappa shape index (κ1) is 10.6. The van der Waals surface area contributed by atoms with Crippen LogP contribution in [0.25, 0.3) is 11.0 Å². The van der Waals surface area contributed by atoms with Crippen LogP contribution in [0.5, 0.6) is 0 Å². The van der Waals surface area contributed by atoms with Gasteiger partial charge in [0.25, 0.3) is 0 Å². The zero-order valence-corrected chi connectivity index (χ0v) is 9.40. The zero-order chi connectivity index (χ0) is 11.5. The molecule has 82 valence electrons. The van der Waals surface area contributed by atoms with Crippen molar-refractivity contribution in [1.82, 2.24) is 0 Å². The topological polar surface area (TPSA) is 49.4 Å². The van der Waals surface area contributed by atoms with Gasteiger partial charge in [0.05, 0.1) is 5.56 Å². The standard InChI is InChI=1S/C13H14N2O/c1-9(2)8-15-13-11(7-14)10-5-3-4-6-12(10)16-13/h3-9,14H,1-2H3/b14-7?,15-8-. The van der Waals surface area contributed by atoms with Gasteiger partial charge in [0.1, 0.15) is 5.58 Å². The molecule has 1 aromatic carbocycles. The molecule has 1 N–H and O–H groups in total. The lowest BCUT2D eigenvalue weighted by Gasteiger charge is -1.92. The summed E-state index contributed by atoms with van der Waals surface area (Å²) < 4.78 is 5.59. The van der Waals surface area contributed by atoms with Crippen molar-refractivity contribution in [2.75, 3.05) is 0 Å². The molecule has 3 heteroatoms. The Morgan fingerprint density at radius 3 is 2.75 bits per heavy atom. The van der Waals surface area contributed by atoms with Gasteiger partial charge >= 0.3 is 0 Å². The van der Waals surface area contributed by atoms with Crippen molar-refractivity contribution in [1.29, 1.82) is 5.41 Å². The van der Waals surface area contributed by atoms with Gasteiger partial charge in [0, 0.05) is 17.8 Å². The SMILES string of the molecule is CC(C)/C=N\c1oc2ccccc2c1C=N. The summed E-state index contributed by atoms with van der Waals surface area (Å²) in [6.45, 7) is 4.10. The highest BCUT2D eigenvalue weighted by molar-refractivity contribution is 6.01. The van der Waals surface area contributed by atoms with Crippen LogP contribution in [-0.2, 0) is 0 Å². The maximum absolute atomic E-state index is 7.41. The third-order valence-corrected chi connectivity index (χ3v) is 2.25. The van der Waals surface area contributed by atoms with E-state index in [1.807, 2.05) is 30.5 Å². The number of hydrogen-bond donors (Lipinski definition) is 1. The molecule has 0 aliphatic rings. The van der Waals surface area contributed by atoms with Crippen molar-refractivity contribution < 1.29 is 4.42 Å². The van der Waals surface area contributed by atoms with Crippen molar-refractivity contribution >= 4 is 29.3 Å². The van der Waals surface area contributed by atoms with Gasteiger partial charge in [-0.15, -0.1) is 0 Å². The van der Waals surface area contributed by atoms with Crippen LogP contribution in [0.1, 0.15) is 19.4 Å². The minimum absolute atomic E-state index is 0.367. The molecule has 0 aliphatic heterocycles. The maximum atomic E-state index is 7.41. The molecule has 2 rings (SSSR count). The summed E-state index contributed by atoms with van der Waals surface area (Å²) in [5, 5.41) is 8.35. The summed E-state index contributed by atoms with van der Waals surface area (Å²) >= 11 is 0. The minimum Gasteiger partial charge on any atom is -0.438 e. The molecule has 0 amide bonds. The Morgan fingerprint density at radius 2 is 2.06 bits per heavy atom. The lowest BCUT2D eigenvalue weighted by atomic mass is 10.2. The third-order valence-electron chi connectivity index (χ3n) is 2.25. The summed E-state index contributed by atoms with van der Waals surface area (Å²) in [6, 6.07) is 7.67. The second kappa shape index (κ2) is 4.31. The van der Waals surface area contributed by atoms with Crippen LogP contribution >= 0.6 is 0 Å². The number of fused-ring (bicyclic) bond motifs is 1. The normalized spacial score (nSPS) is 11.7. The van der Waals surface area contributed by atoms with Gasteiger partial charge in [-0.2, -0.15) is 0 Å². The van der Waals surface area contributed by atoms with Gasteiger partial charge in [-0.25, -0.2) is 4.99 Å². The van der Waals surface area contributed by atoms with E-state index in [1.54, 1.807) is 0 Å². The van der Waals surface area contributed by atoms with E-state index in [9.17, 15) is 0 Å². The molecule has 0 saturated carbocycles. The second-order valence-electron chi connectivity index (χ2n) is 3.98. The predicted molar refractivity (Wildman–Crippen MR) is 67.1 cm³/mol.